The highest BCUT2D eigenvalue weighted by molar-refractivity contribution is 5.76. The predicted octanol–water partition coefficient (Wildman–Crippen LogP) is -0.380. The van der Waals surface area contributed by atoms with Gasteiger partial charge in [-0.25, -0.2) is 4.98 Å². The molecule has 1 aromatic heterocycles. The Balaban J connectivity index is 3.20. The van der Waals surface area contributed by atoms with Gasteiger partial charge in [-0.2, -0.15) is 5.26 Å². The molecule has 6 nitrogen and oxygen atoms in total. The smallest absolute Gasteiger partial charge is 0.326 e. The Hall–Kier alpha value is -2.13. The van der Waals surface area contributed by atoms with Crippen molar-refractivity contribution in [3.63, 3.8) is 0 Å². The van der Waals surface area contributed by atoms with Gasteiger partial charge in [0.15, 0.2) is 0 Å². The van der Waals surface area contributed by atoms with Gasteiger partial charge in [0.25, 0.3) is 0 Å². The third-order valence-electron chi connectivity index (χ3n) is 1.63. The number of carbonyl (C=O) groups is 1. The van der Waals surface area contributed by atoms with Crippen LogP contribution in [0.5, 0.6) is 0 Å². The van der Waals surface area contributed by atoms with Crippen LogP contribution in [0.4, 0.5) is 5.69 Å². The molecular weight excluding hydrogens is 184 g/mol. The first-order chi connectivity index (χ1) is 6.56. The first kappa shape index (κ1) is 9.95. The standard InChI is InChI=1S/C8H8N4O2/c9-3-4-1-2-5(10)7(12-4)6(11)8(13)14/h1-2,6H,10-11H2,(H,13,14). The van der Waals surface area contributed by atoms with E-state index >= 15 is 0 Å². The van der Waals surface area contributed by atoms with E-state index < -0.39 is 12.0 Å². The van der Waals surface area contributed by atoms with Crippen LogP contribution in [0.3, 0.4) is 0 Å². The SMILES string of the molecule is N#Cc1ccc(N)c(C(N)C(=O)O)n1. The average molecular weight is 192 g/mol. The highest BCUT2D eigenvalue weighted by Crippen LogP contribution is 2.16. The molecule has 0 amide bonds. The third kappa shape index (κ3) is 1.78. The van der Waals surface area contributed by atoms with Gasteiger partial charge in [-0.15, -0.1) is 0 Å². The summed E-state index contributed by atoms with van der Waals surface area (Å²) in [6, 6.07) is 3.27. The lowest BCUT2D eigenvalue weighted by Gasteiger charge is -2.08. The van der Waals surface area contributed by atoms with Crippen molar-refractivity contribution >= 4 is 11.7 Å². The molecule has 0 saturated carbocycles. The van der Waals surface area contributed by atoms with Crippen molar-refractivity contribution in [2.45, 2.75) is 6.04 Å². The van der Waals surface area contributed by atoms with E-state index in [1.54, 1.807) is 6.07 Å². The summed E-state index contributed by atoms with van der Waals surface area (Å²) in [5.41, 5.74) is 11.0. The van der Waals surface area contributed by atoms with Gasteiger partial charge in [0.2, 0.25) is 0 Å². The molecule has 14 heavy (non-hydrogen) atoms. The molecule has 72 valence electrons. The number of aromatic nitrogens is 1. The van der Waals surface area contributed by atoms with Gasteiger partial charge < -0.3 is 16.6 Å². The molecule has 5 N–H and O–H groups in total. The van der Waals surface area contributed by atoms with Crippen LogP contribution in [0, 0.1) is 11.3 Å². The lowest BCUT2D eigenvalue weighted by molar-refractivity contribution is -0.138. The maximum Gasteiger partial charge on any atom is 0.326 e. The van der Waals surface area contributed by atoms with Crippen LogP contribution in [-0.4, -0.2) is 16.1 Å². The Morgan fingerprint density at radius 3 is 2.79 bits per heavy atom. The minimum absolute atomic E-state index is 0.0107. The molecule has 0 aliphatic carbocycles. The normalized spacial score (nSPS) is 11.7. The summed E-state index contributed by atoms with van der Waals surface area (Å²) in [5, 5.41) is 17.2. The molecule has 0 aliphatic heterocycles. The fraction of sp³-hybridized carbons (Fsp3) is 0.125. The highest BCUT2D eigenvalue weighted by atomic mass is 16.4. The topological polar surface area (TPSA) is 126 Å². The van der Waals surface area contributed by atoms with Gasteiger partial charge in [-0.1, -0.05) is 0 Å². The second-order valence-corrected chi connectivity index (χ2v) is 2.60. The fourth-order valence-electron chi connectivity index (χ4n) is 0.914. The maximum absolute atomic E-state index is 10.5. The van der Waals surface area contributed by atoms with Crippen molar-refractivity contribution in [1.29, 1.82) is 5.26 Å². The minimum Gasteiger partial charge on any atom is -0.480 e. The van der Waals surface area contributed by atoms with Gasteiger partial charge in [0, 0.05) is 0 Å². The molecule has 6 heteroatoms. The Bertz CT molecular complexity index is 410. The number of anilines is 1. The molecule has 1 unspecified atom stereocenters. The maximum atomic E-state index is 10.5. The summed E-state index contributed by atoms with van der Waals surface area (Å²) >= 11 is 0. The molecular formula is C8H8N4O2. The van der Waals surface area contributed by atoms with Crippen LogP contribution < -0.4 is 11.5 Å². The van der Waals surface area contributed by atoms with Crippen molar-refractivity contribution in [1.82, 2.24) is 4.98 Å². The largest absolute Gasteiger partial charge is 0.480 e. The van der Waals surface area contributed by atoms with Crippen molar-refractivity contribution < 1.29 is 9.90 Å². The lowest BCUT2D eigenvalue weighted by Crippen LogP contribution is -2.23. The quantitative estimate of drug-likeness (QED) is 0.586. The summed E-state index contributed by atoms with van der Waals surface area (Å²) in [5.74, 6) is -1.24. The van der Waals surface area contributed by atoms with Crippen LogP contribution in [0.1, 0.15) is 17.4 Å². The van der Waals surface area contributed by atoms with E-state index in [2.05, 4.69) is 4.98 Å². The van der Waals surface area contributed by atoms with Crippen LogP contribution in [0.25, 0.3) is 0 Å². The van der Waals surface area contributed by atoms with Crippen LogP contribution >= 0.6 is 0 Å². The molecule has 0 bridgehead atoms. The van der Waals surface area contributed by atoms with E-state index in [1.165, 1.54) is 12.1 Å². The van der Waals surface area contributed by atoms with Crippen molar-refractivity contribution in [2.75, 3.05) is 5.73 Å². The highest BCUT2D eigenvalue weighted by Gasteiger charge is 2.19. The molecule has 0 aromatic carbocycles. The zero-order valence-electron chi connectivity index (χ0n) is 7.14. The monoisotopic (exact) mass is 192 g/mol. The second-order valence-electron chi connectivity index (χ2n) is 2.60. The fourth-order valence-corrected chi connectivity index (χ4v) is 0.914. The van der Waals surface area contributed by atoms with Crippen LogP contribution in [-0.2, 0) is 4.79 Å². The number of nitrogens with two attached hydrogens (primary N) is 2. The van der Waals surface area contributed by atoms with Crippen LogP contribution in [0.2, 0.25) is 0 Å². The number of rotatable bonds is 2. The summed E-state index contributed by atoms with van der Waals surface area (Å²) in [6.07, 6.45) is 0. The van der Waals surface area contributed by atoms with Gasteiger partial charge in [0.05, 0.1) is 11.4 Å². The van der Waals surface area contributed by atoms with Gasteiger partial charge >= 0.3 is 5.97 Å². The molecule has 1 atom stereocenters. The Morgan fingerprint density at radius 2 is 2.29 bits per heavy atom. The van der Waals surface area contributed by atoms with E-state index in [0.717, 1.165) is 0 Å². The number of pyridine rings is 1. The van der Waals surface area contributed by atoms with Crippen LogP contribution in [0.15, 0.2) is 12.1 Å². The van der Waals surface area contributed by atoms with E-state index in [0.29, 0.717) is 0 Å². The summed E-state index contributed by atoms with van der Waals surface area (Å²) in [4.78, 5) is 14.3. The summed E-state index contributed by atoms with van der Waals surface area (Å²) in [7, 11) is 0. The number of aliphatic carboxylic acids is 1. The average Bonchev–Trinajstić information content (AvgIpc) is 2.17. The van der Waals surface area contributed by atoms with Gasteiger partial charge in [0.1, 0.15) is 17.8 Å². The number of nitrogens with zero attached hydrogens (tertiary/aromatic N) is 2. The first-order valence-corrected chi connectivity index (χ1v) is 3.71. The number of carboxylic acids is 1. The van der Waals surface area contributed by atoms with E-state index in [4.69, 9.17) is 21.8 Å². The number of hydrogen-bond donors (Lipinski definition) is 3. The third-order valence-corrected chi connectivity index (χ3v) is 1.63. The number of carboxylic acid groups (broad SMARTS) is 1. The molecule has 0 spiro atoms. The van der Waals surface area contributed by atoms with E-state index in [9.17, 15) is 4.79 Å². The summed E-state index contributed by atoms with van der Waals surface area (Å²) in [6.45, 7) is 0. The second kappa shape index (κ2) is 3.72. The number of nitriles is 1. The molecule has 1 aromatic rings. The number of hydrogen-bond acceptors (Lipinski definition) is 5. The van der Waals surface area contributed by atoms with Crippen molar-refractivity contribution in [2.24, 2.45) is 5.73 Å². The van der Waals surface area contributed by atoms with E-state index in [1.807, 2.05) is 0 Å². The Morgan fingerprint density at radius 1 is 1.64 bits per heavy atom. The first-order valence-electron chi connectivity index (χ1n) is 3.71. The minimum atomic E-state index is -1.30. The van der Waals surface area contributed by atoms with Crippen molar-refractivity contribution in [3.05, 3.63) is 23.5 Å². The molecule has 0 aliphatic rings. The molecule has 0 radical (unpaired) electrons. The molecule has 0 fully saturated rings. The molecule has 0 saturated heterocycles. The Labute approximate surface area is 79.8 Å². The Kier molecular flexibility index (Phi) is 2.65. The van der Waals surface area contributed by atoms with Crippen molar-refractivity contribution in [3.8, 4) is 6.07 Å². The zero-order chi connectivity index (χ0) is 10.7. The predicted molar refractivity (Wildman–Crippen MR) is 47.9 cm³/mol. The van der Waals surface area contributed by atoms with E-state index in [-0.39, 0.29) is 17.1 Å². The zero-order valence-corrected chi connectivity index (χ0v) is 7.14. The number of nitrogen functional groups attached to an aromatic ring is 1. The molecule has 1 heterocycles. The lowest BCUT2D eigenvalue weighted by atomic mass is 10.1. The summed E-state index contributed by atoms with van der Waals surface area (Å²) < 4.78 is 0. The van der Waals surface area contributed by atoms with Gasteiger partial charge in [-0.05, 0) is 12.1 Å². The van der Waals surface area contributed by atoms with Gasteiger partial charge in [-0.3, -0.25) is 4.79 Å². The molecule has 1 rings (SSSR count).